The van der Waals surface area contributed by atoms with E-state index < -0.39 is 11.0 Å². The number of hydrogen-bond acceptors (Lipinski definition) is 4. The van der Waals surface area contributed by atoms with E-state index in [1.807, 2.05) is 45.9 Å². The van der Waals surface area contributed by atoms with Crippen molar-refractivity contribution in [3.63, 3.8) is 0 Å². The molecule has 160 valence electrons. The molecule has 3 aliphatic carbocycles. The molecule has 0 saturated heterocycles. The number of rotatable bonds is 7. The van der Waals surface area contributed by atoms with Crippen molar-refractivity contribution in [2.75, 3.05) is 13.7 Å². The summed E-state index contributed by atoms with van der Waals surface area (Å²) in [5, 5.41) is 16.9. The Labute approximate surface area is 177 Å². The third-order valence-electron chi connectivity index (χ3n) is 6.92. The van der Waals surface area contributed by atoms with Gasteiger partial charge in [-0.15, -0.1) is 0 Å². The fraction of sp³-hybridized carbons (Fsp3) is 0.636. The molecule has 0 radical (unpaired) electrons. The van der Waals surface area contributed by atoms with Crippen LogP contribution in [-0.4, -0.2) is 36.4 Å². The standard InChI is InChI=1S/C22H31ClN2O4/c1-13(2)16(9-26)20(4,15-7-6-14(3)17(23)8-15)24-19(28)25-22-10-21(11-22,12-22)18(27)29-5/h6-8,13,16,26H,9-12H2,1-5H3,(H2,24,25,28)/t16?,20-,21?,22?/m0/s1. The number of urea groups is 1. The van der Waals surface area contributed by atoms with E-state index in [4.69, 9.17) is 16.3 Å². The van der Waals surface area contributed by atoms with E-state index in [0.29, 0.717) is 24.3 Å². The van der Waals surface area contributed by atoms with Gasteiger partial charge >= 0.3 is 12.0 Å². The molecule has 0 heterocycles. The molecular weight excluding hydrogens is 392 g/mol. The summed E-state index contributed by atoms with van der Waals surface area (Å²) in [7, 11) is 1.40. The van der Waals surface area contributed by atoms with E-state index in [1.54, 1.807) is 0 Å². The first-order valence-corrected chi connectivity index (χ1v) is 10.4. The summed E-state index contributed by atoms with van der Waals surface area (Å²) in [6.45, 7) is 7.82. The van der Waals surface area contributed by atoms with E-state index in [9.17, 15) is 14.7 Å². The molecule has 3 fully saturated rings. The quantitative estimate of drug-likeness (QED) is 0.586. The SMILES string of the molecule is COC(=O)C12CC(NC(=O)N[C@@](C)(c3ccc(C)c(Cl)c3)C(CO)C(C)C)(C1)C2. The first-order valence-electron chi connectivity index (χ1n) is 10.1. The average molecular weight is 423 g/mol. The van der Waals surface area contributed by atoms with Gasteiger partial charge in [0.25, 0.3) is 0 Å². The highest BCUT2D eigenvalue weighted by Crippen LogP contribution is 2.67. The lowest BCUT2D eigenvalue weighted by atomic mass is 9.39. The zero-order chi connectivity index (χ0) is 21.6. The van der Waals surface area contributed by atoms with E-state index >= 15 is 0 Å². The van der Waals surface area contributed by atoms with Crippen molar-refractivity contribution < 1.29 is 19.4 Å². The van der Waals surface area contributed by atoms with Crippen molar-refractivity contribution in [3.05, 3.63) is 34.3 Å². The molecule has 29 heavy (non-hydrogen) atoms. The summed E-state index contributed by atoms with van der Waals surface area (Å²) >= 11 is 6.35. The van der Waals surface area contributed by atoms with Crippen molar-refractivity contribution in [2.24, 2.45) is 17.3 Å². The Morgan fingerprint density at radius 2 is 1.93 bits per heavy atom. The normalized spacial score (nSPS) is 27.9. The monoisotopic (exact) mass is 422 g/mol. The molecule has 3 aliphatic rings. The number of aliphatic hydroxyl groups is 1. The van der Waals surface area contributed by atoms with Crippen LogP contribution in [0.5, 0.6) is 0 Å². The smallest absolute Gasteiger partial charge is 0.315 e. The third kappa shape index (κ3) is 3.61. The molecule has 0 spiro atoms. The summed E-state index contributed by atoms with van der Waals surface area (Å²) in [5.74, 6) is -0.273. The van der Waals surface area contributed by atoms with Crippen molar-refractivity contribution >= 4 is 23.6 Å². The van der Waals surface area contributed by atoms with Gasteiger partial charge < -0.3 is 20.5 Å². The van der Waals surface area contributed by atoms with Crippen LogP contribution < -0.4 is 10.6 Å². The average Bonchev–Trinajstić information content (AvgIpc) is 2.58. The molecular formula is C22H31ClN2O4. The zero-order valence-electron chi connectivity index (χ0n) is 17.8. The molecule has 0 aromatic heterocycles. The maximum atomic E-state index is 13.0. The number of aryl methyl sites for hydroxylation is 1. The Morgan fingerprint density at radius 3 is 2.41 bits per heavy atom. The molecule has 2 bridgehead atoms. The Balaban J connectivity index is 1.78. The number of aliphatic hydroxyl groups excluding tert-OH is 1. The van der Waals surface area contributed by atoms with Gasteiger partial charge in [-0.3, -0.25) is 4.79 Å². The van der Waals surface area contributed by atoms with E-state index in [1.165, 1.54) is 7.11 Å². The van der Waals surface area contributed by atoms with E-state index in [0.717, 1.165) is 11.1 Å². The minimum atomic E-state index is -0.812. The maximum absolute atomic E-state index is 13.0. The Hall–Kier alpha value is -1.79. The molecule has 1 aromatic rings. The minimum absolute atomic E-state index is 0.0729. The number of amides is 2. The van der Waals surface area contributed by atoms with Gasteiger partial charge in [0.05, 0.1) is 18.1 Å². The van der Waals surface area contributed by atoms with Crippen LogP contribution in [0.2, 0.25) is 5.02 Å². The zero-order valence-corrected chi connectivity index (χ0v) is 18.5. The predicted octanol–water partition coefficient (Wildman–Crippen LogP) is 3.52. The van der Waals surface area contributed by atoms with Crippen LogP contribution >= 0.6 is 11.6 Å². The summed E-state index contributed by atoms with van der Waals surface area (Å²) in [6.07, 6.45) is 1.84. The number of halogens is 1. The van der Waals surface area contributed by atoms with Crippen LogP contribution in [0.15, 0.2) is 18.2 Å². The number of methoxy groups -OCH3 is 1. The first-order chi connectivity index (χ1) is 13.5. The van der Waals surface area contributed by atoms with Gasteiger partial charge in [0.15, 0.2) is 0 Å². The topological polar surface area (TPSA) is 87.7 Å². The molecule has 1 unspecified atom stereocenters. The lowest BCUT2D eigenvalue weighted by Gasteiger charge is -2.68. The number of esters is 1. The van der Waals surface area contributed by atoms with Crippen LogP contribution in [0.3, 0.4) is 0 Å². The van der Waals surface area contributed by atoms with Crippen LogP contribution in [0.25, 0.3) is 0 Å². The third-order valence-corrected chi connectivity index (χ3v) is 7.32. The highest BCUT2D eigenvalue weighted by atomic mass is 35.5. The van der Waals surface area contributed by atoms with Crippen molar-refractivity contribution in [3.8, 4) is 0 Å². The highest BCUT2D eigenvalue weighted by molar-refractivity contribution is 6.31. The van der Waals surface area contributed by atoms with Gasteiger partial charge in [-0.1, -0.05) is 37.6 Å². The fourth-order valence-electron chi connectivity index (χ4n) is 5.22. The highest BCUT2D eigenvalue weighted by Gasteiger charge is 2.73. The molecule has 7 heteroatoms. The Bertz CT molecular complexity index is 805. The number of ether oxygens (including phenoxy) is 1. The van der Waals surface area contributed by atoms with Crippen molar-refractivity contribution in [1.82, 2.24) is 10.6 Å². The van der Waals surface area contributed by atoms with Gasteiger partial charge in [0, 0.05) is 23.1 Å². The molecule has 4 rings (SSSR count). The number of carbonyl (C=O) groups excluding carboxylic acids is 2. The molecule has 2 amide bonds. The fourth-order valence-corrected chi connectivity index (χ4v) is 5.40. The van der Waals surface area contributed by atoms with Crippen molar-refractivity contribution in [2.45, 2.75) is 58.0 Å². The largest absolute Gasteiger partial charge is 0.469 e. The molecule has 3 saturated carbocycles. The maximum Gasteiger partial charge on any atom is 0.315 e. The minimum Gasteiger partial charge on any atom is -0.469 e. The Kier molecular flexibility index (Phi) is 5.65. The second-order valence-corrected chi connectivity index (χ2v) is 9.77. The summed E-state index contributed by atoms with van der Waals surface area (Å²) in [6, 6.07) is 5.42. The molecule has 2 atom stereocenters. The second kappa shape index (κ2) is 7.47. The summed E-state index contributed by atoms with van der Waals surface area (Å²) in [4.78, 5) is 24.8. The van der Waals surface area contributed by atoms with Crippen LogP contribution in [0.4, 0.5) is 4.79 Å². The second-order valence-electron chi connectivity index (χ2n) is 9.36. The van der Waals surface area contributed by atoms with Crippen LogP contribution in [0, 0.1) is 24.2 Å². The number of nitrogens with one attached hydrogen (secondary N) is 2. The molecule has 3 N–H and O–H groups in total. The number of carbonyl (C=O) groups is 2. The lowest BCUT2D eigenvalue weighted by molar-refractivity contribution is -0.199. The van der Waals surface area contributed by atoms with Crippen molar-refractivity contribution in [1.29, 1.82) is 0 Å². The number of hydrogen-bond donors (Lipinski definition) is 3. The molecule has 1 aromatic carbocycles. The summed E-state index contributed by atoms with van der Waals surface area (Å²) < 4.78 is 4.87. The van der Waals surface area contributed by atoms with Gasteiger partial charge in [-0.25, -0.2) is 4.79 Å². The predicted molar refractivity (Wildman–Crippen MR) is 112 cm³/mol. The molecule has 0 aliphatic heterocycles. The van der Waals surface area contributed by atoms with Gasteiger partial charge in [0.1, 0.15) is 0 Å². The van der Waals surface area contributed by atoms with Gasteiger partial charge in [-0.2, -0.15) is 0 Å². The lowest BCUT2D eigenvalue weighted by Crippen LogP contribution is -2.78. The van der Waals surface area contributed by atoms with Crippen LogP contribution in [-0.2, 0) is 15.1 Å². The Morgan fingerprint density at radius 1 is 1.31 bits per heavy atom. The molecule has 6 nitrogen and oxygen atoms in total. The van der Waals surface area contributed by atoms with Crippen LogP contribution in [0.1, 0.15) is 51.2 Å². The summed E-state index contributed by atoms with van der Waals surface area (Å²) in [5.41, 5.74) is 0.236. The first kappa shape index (κ1) is 21.9. The van der Waals surface area contributed by atoms with E-state index in [-0.39, 0.29) is 36.0 Å². The van der Waals surface area contributed by atoms with Gasteiger partial charge in [0.2, 0.25) is 0 Å². The van der Waals surface area contributed by atoms with Gasteiger partial charge in [-0.05, 0) is 56.2 Å². The van der Waals surface area contributed by atoms with E-state index in [2.05, 4.69) is 10.6 Å². The number of benzene rings is 1.